The van der Waals surface area contributed by atoms with Crippen LogP contribution in [0.3, 0.4) is 0 Å². The predicted molar refractivity (Wildman–Crippen MR) is 112 cm³/mol. The molecular formula is C23H17ClN2O. The minimum Gasteiger partial charge on any atom is -0.268 e. The van der Waals surface area contributed by atoms with Gasteiger partial charge in [0, 0.05) is 5.02 Å². The van der Waals surface area contributed by atoms with Gasteiger partial charge in [-0.25, -0.2) is 4.98 Å². The van der Waals surface area contributed by atoms with Crippen LogP contribution in [0, 0.1) is 6.92 Å². The molecule has 0 amide bonds. The fourth-order valence-electron chi connectivity index (χ4n) is 2.98. The van der Waals surface area contributed by atoms with Crippen molar-refractivity contribution in [1.82, 2.24) is 9.55 Å². The summed E-state index contributed by atoms with van der Waals surface area (Å²) in [5, 5.41) is 1.24. The summed E-state index contributed by atoms with van der Waals surface area (Å²) in [6, 6.07) is 22.8. The minimum atomic E-state index is -0.0942. The molecule has 0 unspecified atom stereocenters. The zero-order chi connectivity index (χ0) is 18.8. The summed E-state index contributed by atoms with van der Waals surface area (Å²) in [6.45, 7) is 2.02. The topological polar surface area (TPSA) is 34.9 Å². The van der Waals surface area contributed by atoms with Gasteiger partial charge in [0.15, 0.2) is 0 Å². The van der Waals surface area contributed by atoms with Crippen LogP contribution in [0.15, 0.2) is 77.6 Å². The van der Waals surface area contributed by atoms with Crippen molar-refractivity contribution in [2.75, 3.05) is 0 Å². The van der Waals surface area contributed by atoms with E-state index in [9.17, 15) is 4.79 Å². The molecule has 4 heteroatoms. The van der Waals surface area contributed by atoms with Gasteiger partial charge in [-0.1, -0.05) is 59.6 Å². The molecule has 0 aliphatic heterocycles. The summed E-state index contributed by atoms with van der Waals surface area (Å²) >= 11 is 6.25. The van der Waals surface area contributed by atoms with E-state index in [-0.39, 0.29) is 5.56 Å². The quantitative estimate of drug-likeness (QED) is 0.474. The van der Waals surface area contributed by atoms with Gasteiger partial charge in [-0.2, -0.15) is 0 Å². The van der Waals surface area contributed by atoms with Gasteiger partial charge >= 0.3 is 0 Å². The van der Waals surface area contributed by atoms with Crippen LogP contribution in [-0.4, -0.2) is 9.55 Å². The highest BCUT2D eigenvalue weighted by atomic mass is 35.5. The van der Waals surface area contributed by atoms with E-state index in [0.29, 0.717) is 21.7 Å². The third-order valence-corrected chi connectivity index (χ3v) is 4.76. The smallest absolute Gasteiger partial charge is 0.266 e. The van der Waals surface area contributed by atoms with Crippen molar-refractivity contribution in [3.63, 3.8) is 0 Å². The molecule has 1 aromatic heterocycles. The van der Waals surface area contributed by atoms with Gasteiger partial charge in [-0.3, -0.25) is 9.36 Å². The molecule has 0 N–H and O–H groups in total. The number of halogens is 1. The van der Waals surface area contributed by atoms with Gasteiger partial charge in [0.25, 0.3) is 5.56 Å². The highest BCUT2D eigenvalue weighted by molar-refractivity contribution is 6.32. The van der Waals surface area contributed by atoms with E-state index in [1.54, 1.807) is 10.6 Å². The van der Waals surface area contributed by atoms with Crippen LogP contribution in [0.25, 0.3) is 28.7 Å². The van der Waals surface area contributed by atoms with Crippen LogP contribution in [0.5, 0.6) is 0 Å². The molecule has 3 nitrogen and oxygen atoms in total. The second kappa shape index (κ2) is 7.22. The lowest BCUT2D eigenvalue weighted by Gasteiger charge is -2.12. The molecule has 0 saturated carbocycles. The van der Waals surface area contributed by atoms with Gasteiger partial charge in [-0.15, -0.1) is 0 Å². The average molecular weight is 373 g/mol. The zero-order valence-corrected chi connectivity index (χ0v) is 15.5. The lowest BCUT2D eigenvalue weighted by atomic mass is 10.2. The van der Waals surface area contributed by atoms with Crippen molar-refractivity contribution in [1.29, 1.82) is 0 Å². The van der Waals surface area contributed by atoms with E-state index in [2.05, 4.69) is 0 Å². The maximum absolute atomic E-state index is 13.2. The van der Waals surface area contributed by atoms with Crippen molar-refractivity contribution in [2.24, 2.45) is 0 Å². The summed E-state index contributed by atoms with van der Waals surface area (Å²) in [5.41, 5.74) is 3.36. The highest BCUT2D eigenvalue weighted by Gasteiger charge is 2.11. The minimum absolute atomic E-state index is 0.0942. The Morgan fingerprint density at radius 1 is 0.889 bits per heavy atom. The first-order valence-electron chi connectivity index (χ1n) is 8.65. The summed E-state index contributed by atoms with van der Waals surface area (Å²) in [5.74, 6) is 0.558. The number of aromatic nitrogens is 2. The molecule has 4 rings (SSSR count). The number of aryl methyl sites for hydroxylation is 1. The summed E-state index contributed by atoms with van der Waals surface area (Å²) in [4.78, 5) is 17.9. The Bertz CT molecular complexity index is 1210. The van der Waals surface area contributed by atoms with Crippen LogP contribution in [-0.2, 0) is 0 Å². The second-order valence-electron chi connectivity index (χ2n) is 6.32. The molecule has 0 fully saturated rings. The lowest BCUT2D eigenvalue weighted by molar-refractivity contribution is 0.943. The average Bonchev–Trinajstić information content (AvgIpc) is 2.69. The zero-order valence-electron chi connectivity index (χ0n) is 14.8. The van der Waals surface area contributed by atoms with Gasteiger partial charge in [0.05, 0.1) is 16.6 Å². The predicted octanol–water partition coefficient (Wildman–Crippen LogP) is 5.52. The molecule has 0 saturated heterocycles. The first kappa shape index (κ1) is 17.3. The molecular weight excluding hydrogens is 356 g/mol. The molecule has 0 spiro atoms. The molecule has 3 aromatic carbocycles. The molecule has 27 heavy (non-hydrogen) atoms. The summed E-state index contributed by atoms with van der Waals surface area (Å²) < 4.78 is 1.63. The monoisotopic (exact) mass is 372 g/mol. The standard InChI is InChI=1S/C23H17ClN2O/c1-16-10-13-18(14-11-16)26-22(15-12-17-6-2-4-8-20(17)24)25-21-9-5-3-7-19(21)23(26)27/h2-15H,1H3. The van der Waals surface area contributed by atoms with E-state index < -0.39 is 0 Å². The van der Waals surface area contributed by atoms with Crippen molar-refractivity contribution in [3.8, 4) is 5.69 Å². The van der Waals surface area contributed by atoms with E-state index in [1.165, 1.54) is 0 Å². The number of hydrogen-bond acceptors (Lipinski definition) is 2. The van der Waals surface area contributed by atoms with E-state index in [1.807, 2.05) is 85.8 Å². The van der Waals surface area contributed by atoms with Crippen LogP contribution in [0.4, 0.5) is 0 Å². The maximum atomic E-state index is 13.2. The largest absolute Gasteiger partial charge is 0.268 e. The van der Waals surface area contributed by atoms with Crippen LogP contribution >= 0.6 is 11.6 Å². The van der Waals surface area contributed by atoms with Crippen LogP contribution < -0.4 is 5.56 Å². The number of benzene rings is 3. The Morgan fingerprint density at radius 3 is 2.37 bits per heavy atom. The molecule has 0 radical (unpaired) electrons. The maximum Gasteiger partial charge on any atom is 0.266 e. The Balaban J connectivity index is 1.95. The Morgan fingerprint density at radius 2 is 1.59 bits per heavy atom. The van der Waals surface area contributed by atoms with Gasteiger partial charge < -0.3 is 0 Å². The number of rotatable bonds is 3. The number of hydrogen-bond donors (Lipinski definition) is 0. The normalized spacial score (nSPS) is 11.3. The Labute approximate surface area is 162 Å². The first-order valence-corrected chi connectivity index (χ1v) is 9.03. The number of para-hydroxylation sites is 1. The molecule has 4 aromatic rings. The van der Waals surface area contributed by atoms with Crippen molar-refractivity contribution < 1.29 is 0 Å². The summed E-state index contributed by atoms with van der Waals surface area (Å²) in [6.07, 6.45) is 3.71. The van der Waals surface area contributed by atoms with Gasteiger partial charge in [0.1, 0.15) is 5.82 Å². The molecule has 0 atom stereocenters. The van der Waals surface area contributed by atoms with Gasteiger partial charge in [0.2, 0.25) is 0 Å². The van der Waals surface area contributed by atoms with E-state index >= 15 is 0 Å². The molecule has 1 heterocycles. The second-order valence-corrected chi connectivity index (χ2v) is 6.73. The van der Waals surface area contributed by atoms with E-state index in [0.717, 1.165) is 16.8 Å². The fraction of sp³-hybridized carbons (Fsp3) is 0.0435. The molecule has 0 aliphatic carbocycles. The fourth-order valence-corrected chi connectivity index (χ4v) is 3.18. The van der Waals surface area contributed by atoms with Crippen molar-refractivity contribution in [3.05, 3.63) is 105 Å². The summed E-state index contributed by atoms with van der Waals surface area (Å²) in [7, 11) is 0. The Kier molecular flexibility index (Phi) is 4.61. The van der Waals surface area contributed by atoms with Crippen molar-refractivity contribution >= 4 is 34.7 Å². The molecule has 132 valence electrons. The van der Waals surface area contributed by atoms with Gasteiger partial charge in [-0.05, 0) is 55.0 Å². The molecule has 0 bridgehead atoms. The third-order valence-electron chi connectivity index (χ3n) is 4.41. The Hall–Kier alpha value is -3.17. The van der Waals surface area contributed by atoms with Crippen LogP contribution in [0.1, 0.15) is 17.0 Å². The van der Waals surface area contributed by atoms with Crippen molar-refractivity contribution in [2.45, 2.75) is 6.92 Å². The number of fused-ring (bicyclic) bond motifs is 1. The third kappa shape index (κ3) is 3.42. The lowest BCUT2D eigenvalue weighted by Crippen LogP contribution is -2.22. The highest BCUT2D eigenvalue weighted by Crippen LogP contribution is 2.19. The first-order chi connectivity index (χ1) is 13.1. The van der Waals surface area contributed by atoms with E-state index in [4.69, 9.17) is 16.6 Å². The van der Waals surface area contributed by atoms with Crippen LogP contribution in [0.2, 0.25) is 5.02 Å². The SMILES string of the molecule is Cc1ccc(-n2c(C=Cc3ccccc3Cl)nc3ccccc3c2=O)cc1. The molecule has 0 aliphatic rings. The number of nitrogens with zero attached hydrogens (tertiary/aromatic N) is 2.